The number of hydrogen-bond donors (Lipinski definition) is 3. The minimum absolute atomic E-state index is 0.250. The van der Waals surface area contributed by atoms with Crippen LogP contribution in [0.5, 0.6) is 0 Å². The van der Waals surface area contributed by atoms with Crippen LogP contribution < -0.4 is 11.3 Å². The van der Waals surface area contributed by atoms with E-state index in [4.69, 9.17) is 5.84 Å². The third-order valence-corrected chi connectivity index (χ3v) is 3.46. The zero-order chi connectivity index (χ0) is 13.7. The van der Waals surface area contributed by atoms with Crippen molar-refractivity contribution in [2.24, 2.45) is 11.8 Å². The fraction of sp³-hybridized carbons (Fsp3) is 0.538. The number of nitrogens with two attached hydrogens (primary N) is 1. The van der Waals surface area contributed by atoms with Gasteiger partial charge < -0.3 is 5.11 Å². The van der Waals surface area contributed by atoms with Gasteiger partial charge >= 0.3 is 0 Å². The largest absolute Gasteiger partial charge is 0.396 e. The number of pyridine rings is 1. The number of hydrazine groups is 1. The van der Waals surface area contributed by atoms with Crippen LogP contribution in [0.4, 0.5) is 0 Å². The molecule has 1 aromatic rings. The Bertz CT molecular complexity index is 421. The number of nitrogens with one attached hydrogen (secondary N) is 1. The van der Waals surface area contributed by atoms with Crippen LogP contribution >= 0.6 is 0 Å². The van der Waals surface area contributed by atoms with Gasteiger partial charge in [0.1, 0.15) is 0 Å². The first-order chi connectivity index (χ1) is 9.22. The molecule has 0 spiro atoms. The van der Waals surface area contributed by atoms with Gasteiger partial charge in [-0.15, -0.1) is 0 Å². The molecule has 1 aliphatic heterocycles. The van der Waals surface area contributed by atoms with Gasteiger partial charge in [-0.25, -0.2) is 5.84 Å². The van der Waals surface area contributed by atoms with E-state index in [0.717, 1.165) is 38.2 Å². The number of aromatic nitrogens is 1. The maximum atomic E-state index is 11.3. The summed E-state index contributed by atoms with van der Waals surface area (Å²) in [6.07, 6.45) is 3.74. The van der Waals surface area contributed by atoms with E-state index in [-0.39, 0.29) is 12.5 Å². The second-order valence-electron chi connectivity index (χ2n) is 4.94. The van der Waals surface area contributed by atoms with E-state index in [1.807, 2.05) is 6.07 Å². The number of rotatable bonds is 4. The molecule has 0 saturated carbocycles. The Morgan fingerprint density at radius 3 is 3.05 bits per heavy atom. The second-order valence-corrected chi connectivity index (χ2v) is 4.94. The highest BCUT2D eigenvalue weighted by atomic mass is 16.3. The van der Waals surface area contributed by atoms with Gasteiger partial charge in [-0.2, -0.15) is 0 Å². The fourth-order valence-corrected chi connectivity index (χ4v) is 2.41. The van der Waals surface area contributed by atoms with E-state index in [0.29, 0.717) is 11.5 Å². The van der Waals surface area contributed by atoms with Gasteiger partial charge in [0.05, 0.1) is 11.3 Å². The van der Waals surface area contributed by atoms with E-state index >= 15 is 0 Å². The van der Waals surface area contributed by atoms with Gasteiger partial charge in [0.15, 0.2) is 0 Å². The monoisotopic (exact) mass is 264 g/mol. The van der Waals surface area contributed by atoms with Crippen LogP contribution in [-0.4, -0.2) is 40.6 Å². The molecular formula is C13H20N4O2. The first kappa shape index (κ1) is 13.9. The topological polar surface area (TPSA) is 91.5 Å². The summed E-state index contributed by atoms with van der Waals surface area (Å²) in [5, 5.41) is 9.20. The van der Waals surface area contributed by atoms with Gasteiger partial charge in [-0.05, 0) is 37.4 Å². The molecule has 104 valence electrons. The van der Waals surface area contributed by atoms with E-state index in [1.165, 1.54) is 6.20 Å². The van der Waals surface area contributed by atoms with Crippen molar-refractivity contribution in [1.82, 2.24) is 15.3 Å². The highest BCUT2D eigenvalue weighted by Crippen LogP contribution is 2.17. The molecule has 0 aliphatic carbocycles. The average molecular weight is 264 g/mol. The first-order valence-electron chi connectivity index (χ1n) is 6.52. The van der Waals surface area contributed by atoms with Crippen LogP contribution in [0.25, 0.3) is 0 Å². The van der Waals surface area contributed by atoms with Crippen molar-refractivity contribution < 1.29 is 9.90 Å². The second kappa shape index (κ2) is 6.60. The van der Waals surface area contributed by atoms with Gasteiger partial charge in [0.2, 0.25) is 0 Å². The van der Waals surface area contributed by atoms with Gasteiger partial charge in [-0.3, -0.25) is 20.1 Å². The molecule has 0 aromatic carbocycles. The number of carbonyl (C=O) groups excluding carboxylic acids is 1. The van der Waals surface area contributed by atoms with Crippen LogP contribution in [0.1, 0.15) is 28.9 Å². The summed E-state index contributed by atoms with van der Waals surface area (Å²) in [6, 6.07) is 3.56. The van der Waals surface area contributed by atoms with Crippen LogP contribution in [0.2, 0.25) is 0 Å². The Morgan fingerprint density at radius 1 is 1.58 bits per heavy atom. The van der Waals surface area contributed by atoms with Crippen LogP contribution in [0.15, 0.2) is 18.3 Å². The summed E-state index contributed by atoms with van der Waals surface area (Å²) < 4.78 is 0. The van der Waals surface area contributed by atoms with Crippen molar-refractivity contribution in [3.8, 4) is 0 Å². The highest BCUT2D eigenvalue weighted by Gasteiger charge is 2.19. The number of nitrogens with zero attached hydrogens (tertiary/aromatic N) is 2. The fourth-order valence-electron chi connectivity index (χ4n) is 2.41. The number of hydrogen-bond acceptors (Lipinski definition) is 5. The third-order valence-electron chi connectivity index (χ3n) is 3.46. The number of nitrogen functional groups attached to an aromatic ring is 1. The van der Waals surface area contributed by atoms with Crippen molar-refractivity contribution in [2.45, 2.75) is 19.4 Å². The minimum atomic E-state index is -0.336. The normalized spacial score (nSPS) is 20.2. The molecule has 1 saturated heterocycles. The molecule has 1 amide bonds. The van der Waals surface area contributed by atoms with Crippen molar-refractivity contribution in [3.63, 3.8) is 0 Å². The lowest BCUT2D eigenvalue weighted by Crippen LogP contribution is -2.36. The van der Waals surface area contributed by atoms with Gasteiger partial charge in [0.25, 0.3) is 5.91 Å². The molecule has 2 rings (SSSR count). The molecule has 4 N–H and O–H groups in total. The highest BCUT2D eigenvalue weighted by molar-refractivity contribution is 5.93. The summed E-state index contributed by atoms with van der Waals surface area (Å²) in [6.45, 7) is 2.94. The maximum absolute atomic E-state index is 11.3. The minimum Gasteiger partial charge on any atom is -0.396 e. The molecule has 1 aliphatic rings. The Morgan fingerprint density at radius 2 is 2.42 bits per heavy atom. The molecule has 0 bridgehead atoms. The lowest BCUT2D eigenvalue weighted by Gasteiger charge is -2.31. The molecule has 6 heteroatoms. The van der Waals surface area contributed by atoms with Crippen LogP contribution in [0, 0.1) is 5.92 Å². The number of piperidine rings is 1. The number of likely N-dealkylation sites (tertiary alicyclic amines) is 1. The third kappa shape index (κ3) is 3.73. The summed E-state index contributed by atoms with van der Waals surface area (Å²) in [5.41, 5.74) is 3.46. The van der Waals surface area contributed by atoms with E-state index < -0.39 is 0 Å². The lowest BCUT2D eigenvalue weighted by atomic mass is 9.99. The first-order valence-corrected chi connectivity index (χ1v) is 6.52. The zero-order valence-corrected chi connectivity index (χ0v) is 10.9. The summed E-state index contributed by atoms with van der Waals surface area (Å²) in [7, 11) is 0. The summed E-state index contributed by atoms with van der Waals surface area (Å²) in [5.74, 6) is 5.10. The summed E-state index contributed by atoms with van der Waals surface area (Å²) >= 11 is 0. The van der Waals surface area contributed by atoms with E-state index in [1.54, 1.807) is 6.07 Å². The zero-order valence-electron chi connectivity index (χ0n) is 10.9. The van der Waals surface area contributed by atoms with Crippen molar-refractivity contribution in [3.05, 3.63) is 29.6 Å². The maximum Gasteiger partial charge on any atom is 0.266 e. The molecule has 1 aromatic heterocycles. The van der Waals surface area contributed by atoms with Gasteiger partial charge in [-0.1, -0.05) is 0 Å². The Kier molecular flexibility index (Phi) is 4.84. The number of aliphatic hydroxyl groups excluding tert-OH is 1. The molecule has 2 heterocycles. The SMILES string of the molecule is NNC(=O)c1ccc(CN2CCCC(CO)C2)nc1. The van der Waals surface area contributed by atoms with Crippen molar-refractivity contribution in [1.29, 1.82) is 0 Å². The molecule has 1 fully saturated rings. The lowest BCUT2D eigenvalue weighted by molar-refractivity contribution is 0.0953. The number of carbonyl (C=O) groups is 1. The Labute approximate surface area is 112 Å². The predicted octanol–water partition coefficient (Wildman–Crippen LogP) is -0.111. The quantitative estimate of drug-likeness (QED) is 0.401. The molecule has 1 unspecified atom stereocenters. The predicted molar refractivity (Wildman–Crippen MR) is 71.0 cm³/mol. The molecule has 1 atom stereocenters. The Balaban J connectivity index is 1.94. The number of amides is 1. The van der Waals surface area contributed by atoms with E-state index in [9.17, 15) is 9.90 Å². The van der Waals surface area contributed by atoms with Crippen molar-refractivity contribution >= 4 is 5.91 Å². The Hall–Kier alpha value is -1.50. The molecule has 6 nitrogen and oxygen atoms in total. The molecular weight excluding hydrogens is 244 g/mol. The van der Waals surface area contributed by atoms with Crippen molar-refractivity contribution in [2.75, 3.05) is 19.7 Å². The average Bonchev–Trinajstić information content (AvgIpc) is 2.47. The van der Waals surface area contributed by atoms with Gasteiger partial charge in [0, 0.05) is 25.9 Å². The molecule has 19 heavy (non-hydrogen) atoms. The van der Waals surface area contributed by atoms with Crippen LogP contribution in [0.3, 0.4) is 0 Å². The smallest absolute Gasteiger partial charge is 0.266 e. The van der Waals surface area contributed by atoms with Crippen LogP contribution in [-0.2, 0) is 6.54 Å². The standard InChI is InChI=1S/C13H20N4O2/c14-16-13(19)11-3-4-12(15-6-11)8-17-5-1-2-10(7-17)9-18/h3-4,6,10,18H,1-2,5,7-9,14H2,(H,16,19). The summed E-state index contributed by atoms with van der Waals surface area (Å²) in [4.78, 5) is 17.8. The molecule has 0 radical (unpaired) electrons. The van der Waals surface area contributed by atoms with E-state index in [2.05, 4.69) is 15.3 Å². The number of aliphatic hydroxyl groups is 1.